The van der Waals surface area contributed by atoms with Crippen molar-refractivity contribution in [2.24, 2.45) is 7.05 Å². The summed E-state index contributed by atoms with van der Waals surface area (Å²) in [6.07, 6.45) is 3.68. The van der Waals surface area contributed by atoms with Crippen molar-refractivity contribution < 1.29 is 8.42 Å². The number of halogens is 1. The van der Waals surface area contributed by atoms with E-state index >= 15 is 0 Å². The van der Waals surface area contributed by atoms with Crippen molar-refractivity contribution in [2.45, 2.75) is 31.1 Å². The SMILES string of the molecule is Cc1nn(C)c(Cl)c1S(=O)(=O)Nc1ccc(N2CCCCC2)cc1. The van der Waals surface area contributed by atoms with Crippen LogP contribution in [0.4, 0.5) is 11.4 Å². The zero-order valence-electron chi connectivity index (χ0n) is 13.8. The molecule has 130 valence electrons. The zero-order chi connectivity index (χ0) is 17.3. The van der Waals surface area contributed by atoms with Crippen LogP contribution >= 0.6 is 11.6 Å². The molecule has 0 saturated carbocycles. The van der Waals surface area contributed by atoms with E-state index in [0.29, 0.717) is 11.4 Å². The molecule has 3 rings (SSSR count). The summed E-state index contributed by atoms with van der Waals surface area (Å²) < 4.78 is 29.1. The lowest BCUT2D eigenvalue weighted by molar-refractivity contribution is 0.578. The number of hydrogen-bond donors (Lipinski definition) is 1. The number of piperidine rings is 1. The smallest absolute Gasteiger partial charge is 0.266 e. The molecule has 1 fully saturated rings. The van der Waals surface area contributed by atoms with Crippen LogP contribution in [0.1, 0.15) is 25.0 Å². The minimum absolute atomic E-state index is 0.0202. The lowest BCUT2D eigenvalue weighted by Crippen LogP contribution is -2.29. The van der Waals surface area contributed by atoms with Crippen molar-refractivity contribution in [3.8, 4) is 0 Å². The van der Waals surface area contributed by atoms with Crippen LogP contribution in [0.25, 0.3) is 0 Å². The van der Waals surface area contributed by atoms with Crippen molar-refractivity contribution in [3.05, 3.63) is 35.1 Å². The molecule has 0 aliphatic carbocycles. The molecule has 0 bridgehead atoms. The average molecular weight is 369 g/mol. The van der Waals surface area contributed by atoms with Gasteiger partial charge in [0.05, 0.1) is 5.69 Å². The van der Waals surface area contributed by atoms with Crippen molar-refractivity contribution >= 4 is 33.0 Å². The minimum atomic E-state index is -3.77. The van der Waals surface area contributed by atoms with Gasteiger partial charge in [0.1, 0.15) is 10.0 Å². The molecule has 0 unspecified atom stereocenters. The van der Waals surface area contributed by atoms with Crippen LogP contribution in [0.5, 0.6) is 0 Å². The molecule has 1 aromatic carbocycles. The first kappa shape index (κ1) is 17.1. The Morgan fingerprint density at radius 1 is 1.12 bits per heavy atom. The zero-order valence-corrected chi connectivity index (χ0v) is 15.4. The number of sulfonamides is 1. The van der Waals surface area contributed by atoms with Crippen molar-refractivity contribution in [3.63, 3.8) is 0 Å². The molecular weight excluding hydrogens is 348 g/mol. The third-order valence-electron chi connectivity index (χ3n) is 4.21. The van der Waals surface area contributed by atoms with E-state index in [1.54, 1.807) is 26.1 Å². The monoisotopic (exact) mass is 368 g/mol. The van der Waals surface area contributed by atoms with E-state index in [4.69, 9.17) is 11.6 Å². The van der Waals surface area contributed by atoms with Crippen LogP contribution in [0.2, 0.25) is 5.15 Å². The number of rotatable bonds is 4. The first-order valence-corrected chi connectivity index (χ1v) is 9.81. The number of hydrogen-bond acceptors (Lipinski definition) is 4. The summed E-state index contributed by atoms with van der Waals surface area (Å²) in [4.78, 5) is 2.34. The second-order valence-corrected chi connectivity index (χ2v) is 8.01. The highest BCUT2D eigenvalue weighted by Gasteiger charge is 2.25. The Kier molecular flexibility index (Phi) is 4.73. The summed E-state index contributed by atoms with van der Waals surface area (Å²) in [7, 11) is -2.16. The fourth-order valence-corrected chi connectivity index (χ4v) is 4.83. The maximum atomic E-state index is 12.6. The second kappa shape index (κ2) is 6.64. The molecule has 8 heteroatoms. The number of nitrogens with one attached hydrogen (secondary N) is 1. The van der Waals surface area contributed by atoms with Crippen LogP contribution in [0.3, 0.4) is 0 Å². The predicted molar refractivity (Wildman–Crippen MR) is 96.3 cm³/mol. The number of aromatic nitrogens is 2. The number of anilines is 2. The lowest BCUT2D eigenvalue weighted by Gasteiger charge is -2.28. The topological polar surface area (TPSA) is 67.2 Å². The largest absolute Gasteiger partial charge is 0.372 e. The average Bonchev–Trinajstić information content (AvgIpc) is 2.81. The Bertz CT molecular complexity index is 825. The molecule has 1 N–H and O–H groups in total. The molecule has 0 atom stereocenters. The van der Waals surface area contributed by atoms with Crippen LogP contribution in [0, 0.1) is 6.92 Å². The van der Waals surface area contributed by atoms with Gasteiger partial charge in [-0.05, 0) is 50.5 Å². The first-order valence-electron chi connectivity index (χ1n) is 7.95. The van der Waals surface area contributed by atoms with Crippen LogP contribution < -0.4 is 9.62 Å². The molecule has 1 aromatic heterocycles. The molecule has 1 aliphatic heterocycles. The molecule has 2 heterocycles. The summed E-state index contributed by atoms with van der Waals surface area (Å²) in [6.45, 7) is 3.73. The maximum absolute atomic E-state index is 12.6. The molecule has 0 amide bonds. The van der Waals surface area contributed by atoms with Gasteiger partial charge < -0.3 is 4.90 Å². The third-order valence-corrected chi connectivity index (χ3v) is 6.29. The van der Waals surface area contributed by atoms with Gasteiger partial charge in [0.25, 0.3) is 10.0 Å². The summed E-state index contributed by atoms with van der Waals surface area (Å²) in [6, 6.07) is 7.45. The first-order chi connectivity index (χ1) is 11.4. The second-order valence-electron chi connectivity index (χ2n) is 6.03. The Morgan fingerprint density at radius 3 is 2.29 bits per heavy atom. The van der Waals surface area contributed by atoms with Crippen molar-refractivity contribution in [2.75, 3.05) is 22.7 Å². The van der Waals surface area contributed by atoms with E-state index < -0.39 is 10.0 Å². The van der Waals surface area contributed by atoms with Gasteiger partial charge in [-0.25, -0.2) is 8.42 Å². The summed E-state index contributed by atoms with van der Waals surface area (Å²) >= 11 is 6.07. The van der Waals surface area contributed by atoms with Gasteiger partial charge in [0.2, 0.25) is 0 Å². The highest BCUT2D eigenvalue weighted by atomic mass is 35.5. The highest BCUT2D eigenvalue weighted by Crippen LogP contribution is 2.27. The van der Waals surface area contributed by atoms with Crippen LogP contribution in [0.15, 0.2) is 29.2 Å². The van der Waals surface area contributed by atoms with Crippen LogP contribution in [-0.4, -0.2) is 31.3 Å². The maximum Gasteiger partial charge on any atom is 0.266 e. The van der Waals surface area contributed by atoms with Gasteiger partial charge in [0, 0.05) is 31.5 Å². The normalized spacial score (nSPS) is 15.5. The Morgan fingerprint density at radius 2 is 1.75 bits per heavy atom. The van der Waals surface area contributed by atoms with E-state index in [0.717, 1.165) is 18.8 Å². The molecule has 0 radical (unpaired) electrons. The molecule has 0 spiro atoms. The lowest BCUT2D eigenvalue weighted by atomic mass is 10.1. The van der Waals surface area contributed by atoms with Gasteiger partial charge in [-0.1, -0.05) is 11.6 Å². The summed E-state index contributed by atoms with van der Waals surface area (Å²) in [5, 5.41) is 4.15. The fraction of sp³-hybridized carbons (Fsp3) is 0.438. The quantitative estimate of drug-likeness (QED) is 0.900. The van der Waals surface area contributed by atoms with E-state index in [-0.39, 0.29) is 10.0 Å². The number of aryl methyl sites for hydroxylation is 2. The predicted octanol–water partition coefficient (Wildman–Crippen LogP) is 3.17. The summed E-state index contributed by atoms with van der Waals surface area (Å²) in [5.74, 6) is 0. The summed E-state index contributed by atoms with van der Waals surface area (Å²) in [5.41, 5.74) is 2.00. The van der Waals surface area contributed by atoms with E-state index in [1.165, 1.54) is 23.9 Å². The number of benzene rings is 1. The Balaban J connectivity index is 1.80. The molecule has 1 aliphatic rings. The van der Waals surface area contributed by atoms with Gasteiger partial charge in [0.15, 0.2) is 0 Å². The molecule has 2 aromatic rings. The van der Waals surface area contributed by atoms with Crippen molar-refractivity contribution in [1.29, 1.82) is 0 Å². The molecule has 6 nitrogen and oxygen atoms in total. The molecular formula is C16H21ClN4O2S. The number of nitrogens with zero attached hydrogens (tertiary/aromatic N) is 3. The molecule has 24 heavy (non-hydrogen) atoms. The van der Waals surface area contributed by atoms with E-state index in [9.17, 15) is 8.42 Å². The Labute approximate surface area is 147 Å². The minimum Gasteiger partial charge on any atom is -0.372 e. The fourth-order valence-electron chi connectivity index (χ4n) is 3.01. The highest BCUT2D eigenvalue weighted by molar-refractivity contribution is 7.92. The van der Waals surface area contributed by atoms with E-state index in [1.807, 2.05) is 12.1 Å². The van der Waals surface area contributed by atoms with Gasteiger partial charge in [-0.2, -0.15) is 5.10 Å². The third kappa shape index (κ3) is 3.37. The van der Waals surface area contributed by atoms with Crippen molar-refractivity contribution in [1.82, 2.24) is 9.78 Å². The Hall–Kier alpha value is -1.73. The van der Waals surface area contributed by atoms with Gasteiger partial charge >= 0.3 is 0 Å². The van der Waals surface area contributed by atoms with Gasteiger partial charge in [-0.15, -0.1) is 0 Å². The van der Waals surface area contributed by atoms with Gasteiger partial charge in [-0.3, -0.25) is 9.40 Å². The molecule has 1 saturated heterocycles. The van der Waals surface area contributed by atoms with E-state index in [2.05, 4.69) is 14.7 Å². The standard InChI is InChI=1S/C16H21ClN4O2S/c1-12-15(16(17)20(2)18-12)24(22,23)19-13-6-8-14(9-7-13)21-10-4-3-5-11-21/h6-9,19H,3-5,10-11H2,1-2H3. The van der Waals surface area contributed by atoms with Crippen LogP contribution in [-0.2, 0) is 17.1 Å².